The van der Waals surface area contributed by atoms with E-state index < -0.39 is 11.9 Å². The Bertz CT molecular complexity index is 1480. The Morgan fingerprint density at radius 2 is 1.68 bits per heavy atom. The van der Waals surface area contributed by atoms with E-state index in [0.29, 0.717) is 28.0 Å². The number of halogens is 1. The Morgan fingerprint density at radius 3 is 2.38 bits per heavy atom. The number of nitrogens with zero attached hydrogens (tertiary/aromatic N) is 1. The van der Waals surface area contributed by atoms with Crippen molar-refractivity contribution in [1.29, 1.82) is 0 Å². The van der Waals surface area contributed by atoms with Crippen LogP contribution >= 0.6 is 0 Å². The van der Waals surface area contributed by atoms with Crippen molar-refractivity contribution in [3.63, 3.8) is 0 Å². The van der Waals surface area contributed by atoms with Crippen molar-refractivity contribution in [3.05, 3.63) is 105 Å². The molecule has 0 N–H and O–H groups in total. The second kappa shape index (κ2) is 8.33. The predicted octanol–water partition coefficient (Wildman–Crippen LogP) is 5.00. The van der Waals surface area contributed by atoms with Gasteiger partial charge in [-0.3, -0.25) is 9.59 Å². The summed E-state index contributed by atoms with van der Waals surface area (Å²) < 4.78 is 30.3. The van der Waals surface area contributed by atoms with Crippen LogP contribution in [0, 0.1) is 12.7 Å². The van der Waals surface area contributed by atoms with Gasteiger partial charge < -0.3 is 18.8 Å². The van der Waals surface area contributed by atoms with Gasteiger partial charge in [0.2, 0.25) is 5.76 Å². The number of aryl methyl sites for hydroxylation is 1. The van der Waals surface area contributed by atoms with Gasteiger partial charge in [0, 0.05) is 6.54 Å². The number of carbonyl (C=O) groups excluding carboxylic acids is 1. The van der Waals surface area contributed by atoms with Crippen LogP contribution in [0.5, 0.6) is 11.5 Å². The molecule has 6 nitrogen and oxygen atoms in total. The van der Waals surface area contributed by atoms with E-state index in [1.54, 1.807) is 47.4 Å². The molecule has 7 heteroatoms. The summed E-state index contributed by atoms with van der Waals surface area (Å²) in [5, 5.41) is 0.417. The third-order valence-electron chi connectivity index (χ3n) is 6.11. The Labute approximate surface area is 195 Å². The summed E-state index contributed by atoms with van der Waals surface area (Å²) >= 11 is 0. The lowest BCUT2D eigenvalue weighted by atomic mass is 9.97. The van der Waals surface area contributed by atoms with Crippen LogP contribution in [0.4, 0.5) is 4.39 Å². The van der Waals surface area contributed by atoms with Crippen molar-refractivity contribution < 1.29 is 23.1 Å². The molecular weight excluding hydrogens is 437 g/mol. The van der Waals surface area contributed by atoms with E-state index in [1.807, 2.05) is 13.0 Å². The van der Waals surface area contributed by atoms with Crippen LogP contribution in [-0.4, -0.2) is 25.0 Å². The van der Waals surface area contributed by atoms with Crippen LogP contribution in [-0.2, 0) is 6.54 Å². The Morgan fingerprint density at radius 1 is 0.941 bits per heavy atom. The maximum Gasteiger partial charge on any atom is 0.291 e. The molecule has 4 aromatic rings. The van der Waals surface area contributed by atoms with Gasteiger partial charge in [0.25, 0.3) is 5.91 Å². The lowest BCUT2D eigenvalue weighted by Crippen LogP contribution is -2.29. The summed E-state index contributed by atoms with van der Waals surface area (Å²) in [4.78, 5) is 28.8. The van der Waals surface area contributed by atoms with E-state index in [-0.39, 0.29) is 29.1 Å². The molecule has 1 aromatic heterocycles. The Kier molecular flexibility index (Phi) is 5.32. The van der Waals surface area contributed by atoms with Gasteiger partial charge in [-0.1, -0.05) is 29.8 Å². The lowest BCUT2D eigenvalue weighted by molar-refractivity contribution is 0.0714. The highest BCUT2D eigenvalue weighted by Gasteiger charge is 2.43. The maximum atomic E-state index is 13.7. The quantitative estimate of drug-likeness (QED) is 0.420. The van der Waals surface area contributed by atoms with Crippen LogP contribution in [0.25, 0.3) is 11.0 Å². The molecule has 1 unspecified atom stereocenters. The van der Waals surface area contributed by atoms with Crippen LogP contribution in [0.3, 0.4) is 0 Å². The van der Waals surface area contributed by atoms with Crippen molar-refractivity contribution in [2.75, 3.05) is 14.2 Å². The first-order chi connectivity index (χ1) is 16.4. The van der Waals surface area contributed by atoms with Crippen molar-refractivity contribution >= 4 is 16.9 Å². The van der Waals surface area contributed by atoms with Gasteiger partial charge in [0.05, 0.1) is 31.2 Å². The zero-order valence-corrected chi connectivity index (χ0v) is 18.9. The van der Waals surface area contributed by atoms with Crippen LogP contribution in [0.1, 0.15) is 38.9 Å². The minimum Gasteiger partial charge on any atom is -0.493 e. The van der Waals surface area contributed by atoms with Crippen molar-refractivity contribution in [3.8, 4) is 11.5 Å². The average Bonchev–Trinajstić information content (AvgIpc) is 3.12. The van der Waals surface area contributed by atoms with E-state index in [1.165, 1.54) is 26.4 Å². The maximum absolute atomic E-state index is 13.7. The average molecular weight is 459 g/mol. The van der Waals surface area contributed by atoms with Gasteiger partial charge in [0.1, 0.15) is 11.4 Å². The summed E-state index contributed by atoms with van der Waals surface area (Å²) in [6.07, 6.45) is 0. The highest BCUT2D eigenvalue weighted by molar-refractivity contribution is 5.99. The first-order valence-electron chi connectivity index (χ1n) is 10.8. The Balaban J connectivity index is 1.73. The summed E-state index contributed by atoms with van der Waals surface area (Å²) in [6, 6.07) is 15.8. The molecule has 0 fully saturated rings. The molecule has 172 valence electrons. The van der Waals surface area contributed by atoms with Crippen LogP contribution < -0.4 is 14.9 Å². The second-order valence-corrected chi connectivity index (χ2v) is 8.25. The second-order valence-electron chi connectivity index (χ2n) is 8.25. The standard InChI is InChI=1S/C27H22FNO5/c1-15-4-10-20-19(12-15)25(30)23-24(17-7-11-21(32-2)22(13-17)33-3)29(27(31)26(23)34-20)14-16-5-8-18(28)9-6-16/h4-13,24H,14H2,1-3H3. The number of methoxy groups -OCH3 is 2. The summed E-state index contributed by atoms with van der Waals surface area (Å²) in [5.41, 5.74) is 2.69. The molecule has 0 aliphatic carbocycles. The highest BCUT2D eigenvalue weighted by atomic mass is 19.1. The van der Waals surface area contributed by atoms with Crippen molar-refractivity contribution in [2.24, 2.45) is 0 Å². The monoisotopic (exact) mass is 459 g/mol. The van der Waals surface area contributed by atoms with Gasteiger partial charge in [0.15, 0.2) is 16.9 Å². The normalized spacial score (nSPS) is 15.0. The molecule has 5 rings (SSSR count). The van der Waals surface area contributed by atoms with Crippen molar-refractivity contribution in [2.45, 2.75) is 19.5 Å². The fraction of sp³-hybridized carbons (Fsp3) is 0.185. The smallest absolute Gasteiger partial charge is 0.291 e. The number of ether oxygens (including phenoxy) is 2. The zero-order valence-electron chi connectivity index (χ0n) is 18.9. The van der Waals surface area contributed by atoms with E-state index >= 15 is 0 Å². The number of benzene rings is 3. The number of rotatable bonds is 5. The molecule has 0 bridgehead atoms. The molecule has 2 heterocycles. The van der Waals surface area contributed by atoms with E-state index in [4.69, 9.17) is 13.9 Å². The van der Waals surface area contributed by atoms with Crippen LogP contribution in [0.15, 0.2) is 69.9 Å². The number of amides is 1. The van der Waals surface area contributed by atoms with Gasteiger partial charge in [-0.15, -0.1) is 0 Å². The van der Waals surface area contributed by atoms with E-state index in [2.05, 4.69) is 0 Å². The van der Waals surface area contributed by atoms with Crippen LogP contribution in [0.2, 0.25) is 0 Å². The number of carbonyl (C=O) groups is 1. The molecule has 0 saturated heterocycles. The summed E-state index contributed by atoms with van der Waals surface area (Å²) in [5.74, 6) is 0.252. The summed E-state index contributed by atoms with van der Waals surface area (Å²) in [6.45, 7) is 2.06. The van der Waals surface area contributed by atoms with E-state index in [9.17, 15) is 14.0 Å². The molecule has 1 aliphatic heterocycles. The molecule has 0 spiro atoms. The van der Waals surface area contributed by atoms with Gasteiger partial charge in [-0.05, 0) is 54.4 Å². The topological polar surface area (TPSA) is 69.0 Å². The number of hydrogen-bond donors (Lipinski definition) is 0. The first-order valence-corrected chi connectivity index (χ1v) is 10.8. The highest BCUT2D eigenvalue weighted by Crippen LogP contribution is 2.41. The van der Waals surface area contributed by atoms with Crippen molar-refractivity contribution in [1.82, 2.24) is 4.90 Å². The molecule has 0 saturated carbocycles. The molecule has 0 radical (unpaired) electrons. The first kappa shape index (κ1) is 21.7. The third-order valence-corrected chi connectivity index (χ3v) is 6.11. The molecule has 34 heavy (non-hydrogen) atoms. The molecule has 3 aromatic carbocycles. The zero-order chi connectivity index (χ0) is 24.0. The SMILES string of the molecule is COc1ccc(C2c3c(oc4ccc(C)cc4c3=O)C(=O)N2Cc2ccc(F)cc2)cc1OC. The van der Waals surface area contributed by atoms with Gasteiger partial charge >= 0.3 is 0 Å². The summed E-state index contributed by atoms with van der Waals surface area (Å²) in [7, 11) is 3.06. The lowest BCUT2D eigenvalue weighted by Gasteiger charge is -2.26. The minimum atomic E-state index is -0.714. The fourth-order valence-corrected chi connectivity index (χ4v) is 4.45. The predicted molar refractivity (Wildman–Crippen MR) is 125 cm³/mol. The molecule has 1 amide bonds. The molecule has 1 aliphatic rings. The number of hydrogen-bond acceptors (Lipinski definition) is 5. The molecular formula is C27H22FNO5. The fourth-order valence-electron chi connectivity index (χ4n) is 4.45. The van der Waals surface area contributed by atoms with Gasteiger partial charge in [-0.25, -0.2) is 4.39 Å². The minimum absolute atomic E-state index is 0.0169. The Hall–Kier alpha value is -4.13. The number of fused-ring (bicyclic) bond motifs is 2. The molecule has 1 atom stereocenters. The van der Waals surface area contributed by atoms with E-state index in [0.717, 1.165) is 11.1 Å². The van der Waals surface area contributed by atoms with Gasteiger partial charge in [-0.2, -0.15) is 0 Å². The largest absolute Gasteiger partial charge is 0.493 e. The third kappa shape index (κ3) is 3.50.